The van der Waals surface area contributed by atoms with E-state index in [9.17, 15) is 13.5 Å². The van der Waals surface area contributed by atoms with E-state index >= 15 is 0 Å². The van der Waals surface area contributed by atoms with Gasteiger partial charge >= 0.3 is 0 Å². The Morgan fingerprint density at radius 2 is 2.24 bits per heavy atom. The van der Waals surface area contributed by atoms with Crippen LogP contribution in [0.5, 0.6) is 5.75 Å². The van der Waals surface area contributed by atoms with Gasteiger partial charge in [-0.1, -0.05) is 12.1 Å². The predicted molar refractivity (Wildman–Crippen MR) is 67.8 cm³/mol. The van der Waals surface area contributed by atoms with Crippen molar-refractivity contribution in [2.75, 3.05) is 11.5 Å². The van der Waals surface area contributed by atoms with Gasteiger partial charge in [-0.05, 0) is 28.4 Å². The fourth-order valence-electron chi connectivity index (χ4n) is 1.83. The number of ether oxygens (including phenoxy) is 1. The van der Waals surface area contributed by atoms with Crippen molar-refractivity contribution < 1.29 is 18.3 Å². The Labute approximate surface area is 109 Å². The molecular formula is C11H13BrO4S. The van der Waals surface area contributed by atoms with Gasteiger partial charge in [0.05, 0.1) is 22.6 Å². The minimum atomic E-state index is -2.95. The normalized spacial score (nSPS) is 22.6. The van der Waals surface area contributed by atoms with Crippen molar-refractivity contribution >= 4 is 25.8 Å². The zero-order chi connectivity index (χ0) is 12.5. The number of hydrogen-bond donors (Lipinski definition) is 1. The van der Waals surface area contributed by atoms with Crippen LogP contribution in [0.4, 0.5) is 0 Å². The molecule has 1 atom stereocenters. The molecule has 6 heteroatoms. The molecule has 0 saturated carbocycles. The fourth-order valence-corrected chi connectivity index (χ4v) is 3.92. The highest BCUT2D eigenvalue weighted by Gasteiger charge is 2.30. The van der Waals surface area contributed by atoms with Crippen LogP contribution in [-0.2, 0) is 16.4 Å². The third-order valence-electron chi connectivity index (χ3n) is 2.69. The van der Waals surface area contributed by atoms with Crippen LogP contribution in [0.2, 0.25) is 0 Å². The molecule has 1 N–H and O–H groups in total. The van der Waals surface area contributed by atoms with E-state index in [1.807, 2.05) is 0 Å². The molecule has 1 unspecified atom stereocenters. The van der Waals surface area contributed by atoms with E-state index in [-0.39, 0.29) is 24.2 Å². The quantitative estimate of drug-likeness (QED) is 0.916. The number of aliphatic hydroxyl groups excluding tert-OH is 1. The van der Waals surface area contributed by atoms with Gasteiger partial charge < -0.3 is 9.84 Å². The van der Waals surface area contributed by atoms with Gasteiger partial charge in [0.25, 0.3) is 0 Å². The molecule has 17 heavy (non-hydrogen) atoms. The van der Waals surface area contributed by atoms with Crippen molar-refractivity contribution in [2.45, 2.75) is 19.1 Å². The van der Waals surface area contributed by atoms with Crippen molar-refractivity contribution in [3.63, 3.8) is 0 Å². The third kappa shape index (κ3) is 3.00. The highest BCUT2D eigenvalue weighted by molar-refractivity contribution is 9.10. The lowest BCUT2D eigenvalue weighted by Gasteiger charge is -2.16. The Balaban J connectivity index is 2.19. The topological polar surface area (TPSA) is 63.6 Å². The van der Waals surface area contributed by atoms with Gasteiger partial charge in [-0.25, -0.2) is 8.42 Å². The Bertz CT molecular complexity index is 512. The maximum absolute atomic E-state index is 11.3. The summed E-state index contributed by atoms with van der Waals surface area (Å²) in [5.41, 5.74) is 0.656. The van der Waals surface area contributed by atoms with E-state index in [0.29, 0.717) is 17.7 Å². The van der Waals surface area contributed by atoms with E-state index in [0.717, 1.165) is 4.47 Å². The highest BCUT2D eigenvalue weighted by atomic mass is 79.9. The monoisotopic (exact) mass is 320 g/mol. The summed E-state index contributed by atoms with van der Waals surface area (Å²) < 4.78 is 29.1. The van der Waals surface area contributed by atoms with Gasteiger partial charge in [0.1, 0.15) is 11.9 Å². The van der Waals surface area contributed by atoms with Crippen LogP contribution in [-0.4, -0.2) is 31.1 Å². The minimum absolute atomic E-state index is 0.0548. The molecule has 1 aromatic rings. The molecule has 0 radical (unpaired) electrons. The van der Waals surface area contributed by atoms with E-state index in [2.05, 4.69) is 15.9 Å². The summed E-state index contributed by atoms with van der Waals surface area (Å²) in [6, 6.07) is 5.36. The molecule has 0 spiro atoms. The number of para-hydroxylation sites is 1. The Morgan fingerprint density at radius 1 is 1.47 bits per heavy atom. The van der Waals surface area contributed by atoms with Crippen LogP contribution in [0.15, 0.2) is 22.7 Å². The fraction of sp³-hybridized carbons (Fsp3) is 0.455. The van der Waals surface area contributed by atoms with Crippen molar-refractivity contribution in [1.29, 1.82) is 0 Å². The Kier molecular flexibility index (Phi) is 3.75. The second-order valence-electron chi connectivity index (χ2n) is 4.03. The molecule has 1 aliphatic heterocycles. The molecule has 2 rings (SSSR count). The van der Waals surface area contributed by atoms with Crippen LogP contribution in [0.3, 0.4) is 0 Å². The predicted octanol–water partition coefficient (Wildman–Crippen LogP) is 1.51. The zero-order valence-electron chi connectivity index (χ0n) is 9.10. The van der Waals surface area contributed by atoms with Crippen LogP contribution >= 0.6 is 15.9 Å². The van der Waals surface area contributed by atoms with E-state index < -0.39 is 9.84 Å². The summed E-state index contributed by atoms with van der Waals surface area (Å²) >= 11 is 3.34. The number of aliphatic hydroxyl groups is 1. The molecule has 0 amide bonds. The smallest absolute Gasteiger partial charge is 0.154 e. The highest BCUT2D eigenvalue weighted by Crippen LogP contribution is 2.31. The SMILES string of the molecule is O=S1(=O)CCC(Oc2c(Br)cccc2CO)C1. The first-order valence-electron chi connectivity index (χ1n) is 5.27. The second-order valence-corrected chi connectivity index (χ2v) is 7.11. The number of halogens is 1. The Morgan fingerprint density at radius 3 is 2.82 bits per heavy atom. The maximum Gasteiger partial charge on any atom is 0.154 e. The van der Waals surface area contributed by atoms with Crippen LogP contribution < -0.4 is 4.74 Å². The van der Waals surface area contributed by atoms with E-state index in [1.54, 1.807) is 18.2 Å². The largest absolute Gasteiger partial charge is 0.488 e. The van der Waals surface area contributed by atoms with Gasteiger partial charge in [0, 0.05) is 5.56 Å². The van der Waals surface area contributed by atoms with Crippen molar-refractivity contribution in [2.24, 2.45) is 0 Å². The molecule has 0 aromatic heterocycles. The minimum Gasteiger partial charge on any atom is -0.488 e. The maximum atomic E-state index is 11.3. The Hall–Kier alpha value is -0.590. The van der Waals surface area contributed by atoms with Gasteiger partial charge in [0.2, 0.25) is 0 Å². The average molecular weight is 321 g/mol. The standard InChI is InChI=1S/C11H13BrO4S/c12-10-3-1-2-8(6-13)11(10)16-9-4-5-17(14,15)7-9/h1-3,9,13H,4-7H2. The summed E-state index contributed by atoms with van der Waals surface area (Å²) in [7, 11) is -2.95. The first kappa shape index (κ1) is 12.9. The summed E-state index contributed by atoms with van der Waals surface area (Å²) in [6.07, 6.45) is 0.193. The van der Waals surface area contributed by atoms with Crippen LogP contribution in [0, 0.1) is 0 Å². The molecule has 1 fully saturated rings. The lowest BCUT2D eigenvalue weighted by molar-refractivity contribution is 0.214. The second kappa shape index (κ2) is 4.96. The molecular weight excluding hydrogens is 308 g/mol. The van der Waals surface area contributed by atoms with Gasteiger partial charge in [-0.3, -0.25) is 0 Å². The lowest BCUT2D eigenvalue weighted by Crippen LogP contribution is -2.18. The summed E-state index contributed by atoms with van der Waals surface area (Å²) in [4.78, 5) is 0. The zero-order valence-corrected chi connectivity index (χ0v) is 11.5. The van der Waals surface area contributed by atoms with Crippen molar-refractivity contribution in [3.05, 3.63) is 28.2 Å². The van der Waals surface area contributed by atoms with Gasteiger partial charge in [-0.15, -0.1) is 0 Å². The lowest BCUT2D eigenvalue weighted by atomic mass is 10.2. The van der Waals surface area contributed by atoms with E-state index in [4.69, 9.17) is 4.74 Å². The molecule has 0 bridgehead atoms. The van der Waals surface area contributed by atoms with E-state index in [1.165, 1.54) is 0 Å². The van der Waals surface area contributed by atoms with Crippen molar-refractivity contribution in [1.82, 2.24) is 0 Å². The number of sulfone groups is 1. The molecule has 0 aliphatic carbocycles. The molecule has 4 nitrogen and oxygen atoms in total. The van der Waals surface area contributed by atoms with Crippen LogP contribution in [0.1, 0.15) is 12.0 Å². The third-order valence-corrected chi connectivity index (χ3v) is 5.06. The molecule has 1 saturated heterocycles. The molecule has 1 heterocycles. The summed E-state index contributed by atoms with van der Waals surface area (Å²) in [5.74, 6) is 0.771. The van der Waals surface area contributed by atoms with Crippen LogP contribution in [0.25, 0.3) is 0 Å². The average Bonchev–Trinajstić information content (AvgIpc) is 2.61. The summed E-state index contributed by atoms with van der Waals surface area (Å²) in [6.45, 7) is -0.131. The summed E-state index contributed by atoms with van der Waals surface area (Å²) in [5, 5.41) is 9.20. The first-order chi connectivity index (χ1) is 8.02. The first-order valence-corrected chi connectivity index (χ1v) is 7.88. The number of benzene rings is 1. The van der Waals surface area contributed by atoms with Gasteiger partial charge in [0.15, 0.2) is 9.84 Å². The molecule has 94 valence electrons. The molecule has 1 aromatic carbocycles. The van der Waals surface area contributed by atoms with Crippen molar-refractivity contribution in [3.8, 4) is 5.75 Å². The van der Waals surface area contributed by atoms with Gasteiger partial charge in [-0.2, -0.15) is 0 Å². The number of rotatable bonds is 3. The molecule has 1 aliphatic rings. The number of hydrogen-bond acceptors (Lipinski definition) is 4.